The SMILES string of the molecule is Nc1ccc(NS(=O)(=O)c2c(F)cc(F)cc2Br)cc1Cl. The van der Waals surface area contributed by atoms with E-state index < -0.39 is 26.6 Å². The fourth-order valence-electron chi connectivity index (χ4n) is 1.58. The van der Waals surface area contributed by atoms with Crippen molar-refractivity contribution >= 4 is 48.9 Å². The fourth-order valence-corrected chi connectivity index (χ4v) is 3.98. The third-order valence-corrected chi connectivity index (χ3v) is 5.16. The summed E-state index contributed by atoms with van der Waals surface area (Å²) in [5.74, 6) is -2.11. The molecular weight excluding hydrogens is 390 g/mol. The third-order valence-electron chi connectivity index (χ3n) is 2.48. The number of hydrogen-bond acceptors (Lipinski definition) is 3. The van der Waals surface area contributed by atoms with Crippen LogP contribution in [0, 0.1) is 11.6 Å². The molecule has 2 aromatic carbocycles. The van der Waals surface area contributed by atoms with Crippen LogP contribution in [0.25, 0.3) is 0 Å². The maximum Gasteiger partial charge on any atom is 0.265 e. The summed E-state index contributed by atoms with van der Waals surface area (Å²) in [5.41, 5.74) is 5.88. The smallest absolute Gasteiger partial charge is 0.265 e. The van der Waals surface area contributed by atoms with Crippen LogP contribution in [0.2, 0.25) is 5.02 Å². The Morgan fingerprint density at radius 3 is 2.43 bits per heavy atom. The molecule has 0 heterocycles. The van der Waals surface area contributed by atoms with Crippen molar-refractivity contribution in [3.63, 3.8) is 0 Å². The molecule has 9 heteroatoms. The first-order valence-corrected chi connectivity index (χ1v) is 8.08. The molecule has 0 atom stereocenters. The van der Waals surface area contributed by atoms with Crippen LogP contribution in [0.1, 0.15) is 0 Å². The molecule has 0 radical (unpaired) electrons. The van der Waals surface area contributed by atoms with E-state index in [1.165, 1.54) is 18.2 Å². The standard InChI is InChI=1S/C12H8BrClF2N2O2S/c13-8-3-6(15)4-10(16)12(8)21(19,20)18-7-1-2-11(17)9(14)5-7/h1-5,18H,17H2. The Morgan fingerprint density at radius 2 is 1.86 bits per heavy atom. The largest absolute Gasteiger partial charge is 0.398 e. The van der Waals surface area contributed by atoms with Crippen LogP contribution in [0.5, 0.6) is 0 Å². The molecule has 0 amide bonds. The van der Waals surface area contributed by atoms with E-state index in [0.717, 1.165) is 6.07 Å². The molecule has 21 heavy (non-hydrogen) atoms. The van der Waals surface area contributed by atoms with Gasteiger partial charge in [0.2, 0.25) is 0 Å². The van der Waals surface area contributed by atoms with E-state index in [1.807, 2.05) is 0 Å². The number of anilines is 2. The molecular formula is C12H8BrClF2N2O2S. The van der Waals surface area contributed by atoms with Crippen molar-refractivity contribution in [2.24, 2.45) is 0 Å². The quantitative estimate of drug-likeness (QED) is 0.775. The summed E-state index contributed by atoms with van der Waals surface area (Å²) < 4.78 is 53.0. The third kappa shape index (κ3) is 3.45. The van der Waals surface area contributed by atoms with Gasteiger partial charge in [0.1, 0.15) is 16.5 Å². The van der Waals surface area contributed by atoms with Gasteiger partial charge in [-0.15, -0.1) is 0 Å². The number of nitrogen functional groups attached to an aromatic ring is 1. The van der Waals surface area contributed by atoms with Crippen molar-refractivity contribution in [2.75, 3.05) is 10.5 Å². The lowest BCUT2D eigenvalue weighted by atomic mass is 10.3. The van der Waals surface area contributed by atoms with Crippen LogP contribution in [0.15, 0.2) is 39.7 Å². The van der Waals surface area contributed by atoms with Crippen LogP contribution in [-0.4, -0.2) is 8.42 Å². The van der Waals surface area contributed by atoms with Crippen LogP contribution < -0.4 is 10.5 Å². The summed E-state index contributed by atoms with van der Waals surface area (Å²) in [5, 5.41) is 0.147. The molecule has 2 aromatic rings. The number of rotatable bonds is 3. The minimum atomic E-state index is -4.26. The van der Waals surface area contributed by atoms with Gasteiger partial charge in [-0.05, 0) is 40.2 Å². The predicted molar refractivity (Wildman–Crippen MR) is 80.7 cm³/mol. The lowest BCUT2D eigenvalue weighted by Gasteiger charge is -2.11. The van der Waals surface area contributed by atoms with Gasteiger partial charge >= 0.3 is 0 Å². The van der Waals surface area contributed by atoms with E-state index >= 15 is 0 Å². The normalized spacial score (nSPS) is 11.4. The number of nitrogens with one attached hydrogen (secondary N) is 1. The predicted octanol–water partition coefficient (Wildman–Crippen LogP) is 3.76. The van der Waals surface area contributed by atoms with E-state index in [0.29, 0.717) is 6.07 Å². The minimum Gasteiger partial charge on any atom is -0.398 e. The Bertz CT molecular complexity index is 792. The first-order valence-electron chi connectivity index (χ1n) is 5.43. The van der Waals surface area contributed by atoms with Crippen molar-refractivity contribution in [3.05, 3.63) is 51.5 Å². The second-order valence-corrected chi connectivity index (χ2v) is 6.92. The molecule has 0 unspecified atom stereocenters. The van der Waals surface area contributed by atoms with Gasteiger partial charge in [-0.1, -0.05) is 11.6 Å². The van der Waals surface area contributed by atoms with Gasteiger partial charge in [-0.25, -0.2) is 17.2 Å². The summed E-state index contributed by atoms with van der Waals surface area (Å²) in [4.78, 5) is -0.697. The summed E-state index contributed by atoms with van der Waals surface area (Å²) in [6.45, 7) is 0. The van der Waals surface area contributed by atoms with E-state index in [9.17, 15) is 17.2 Å². The molecule has 0 spiro atoms. The Kier molecular flexibility index (Phi) is 4.40. The maximum absolute atomic E-state index is 13.7. The van der Waals surface area contributed by atoms with Gasteiger partial charge in [0.25, 0.3) is 10.0 Å². The van der Waals surface area contributed by atoms with E-state index in [4.69, 9.17) is 17.3 Å². The highest BCUT2D eigenvalue weighted by Gasteiger charge is 2.24. The molecule has 0 saturated carbocycles. The average Bonchev–Trinajstić information content (AvgIpc) is 2.31. The first kappa shape index (κ1) is 16.0. The number of halogens is 4. The summed E-state index contributed by atoms with van der Waals surface area (Å²) >= 11 is 8.61. The fraction of sp³-hybridized carbons (Fsp3) is 0. The van der Waals surface area contributed by atoms with Gasteiger partial charge in [-0.2, -0.15) is 0 Å². The van der Waals surface area contributed by atoms with Crippen molar-refractivity contribution in [1.29, 1.82) is 0 Å². The molecule has 0 bridgehead atoms. The van der Waals surface area contributed by atoms with Gasteiger partial charge in [0.15, 0.2) is 0 Å². The van der Waals surface area contributed by atoms with E-state index in [1.54, 1.807) is 0 Å². The summed E-state index contributed by atoms with van der Waals surface area (Å²) in [7, 11) is -4.26. The Labute approximate surface area is 133 Å². The first-order chi connectivity index (χ1) is 9.70. The zero-order valence-corrected chi connectivity index (χ0v) is 13.4. The van der Waals surface area contributed by atoms with Crippen molar-refractivity contribution < 1.29 is 17.2 Å². The lowest BCUT2D eigenvalue weighted by molar-refractivity contribution is 0.548. The second kappa shape index (κ2) is 5.78. The summed E-state index contributed by atoms with van der Waals surface area (Å²) in [6, 6.07) is 5.39. The Hall–Kier alpha value is -1.38. The van der Waals surface area contributed by atoms with Crippen molar-refractivity contribution in [3.8, 4) is 0 Å². The zero-order chi connectivity index (χ0) is 15.8. The topological polar surface area (TPSA) is 72.2 Å². The molecule has 0 aromatic heterocycles. The van der Waals surface area contributed by atoms with Crippen LogP contribution in [0.3, 0.4) is 0 Å². The molecule has 0 saturated heterocycles. The zero-order valence-electron chi connectivity index (χ0n) is 10.2. The molecule has 2 rings (SSSR count). The van der Waals surface area contributed by atoms with Gasteiger partial charge in [-0.3, -0.25) is 4.72 Å². The highest BCUT2D eigenvalue weighted by Crippen LogP contribution is 2.29. The highest BCUT2D eigenvalue weighted by atomic mass is 79.9. The van der Waals surface area contributed by atoms with Gasteiger partial charge < -0.3 is 5.73 Å². The lowest BCUT2D eigenvalue weighted by Crippen LogP contribution is -2.15. The molecule has 0 aliphatic rings. The monoisotopic (exact) mass is 396 g/mol. The van der Waals surface area contributed by atoms with Gasteiger partial charge in [0.05, 0.1) is 16.4 Å². The van der Waals surface area contributed by atoms with Crippen LogP contribution in [0.4, 0.5) is 20.2 Å². The van der Waals surface area contributed by atoms with E-state index in [-0.39, 0.29) is 20.9 Å². The highest BCUT2D eigenvalue weighted by molar-refractivity contribution is 9.10. The Morgan fingerprint density at radius 1 is 1.19 bits per heavy atom. The maximum atomic E-state index is 13.7. The number of hydrogen-bond donors (Lipinski definition) is 2. The minimum absolute atomic E-state index is 0.102. The number of sulfonamides is 1. The molecule has 3 N–H and O–H groups in total. The van der Waals surface area contributed by atoms with Crippen LogP contribution >= 0.6 is 27.5 Å². The second-order valence-electron chi connectivity index (χ2n) is 4.04. The molecule has 0 aliphatic carbocycles. The average molecular weight is 398 g/mol. The van der Waals surface area contributed by atoms with Gasteiger partial charge in [0, 0.05) is 10.5 Å². The molecule has 4 nitrogen and oxygen atoms in total. The van der Waals surface area contributed by atoms with E-state index in [2.05, 4.69) is 20.7 Å². The number of benzene rings is 2. The molecule has 0 fully saturated rings. The van der Waals surface area contributed by atoms with Crippen molar-refractivity contribution in [2.45, 2.75) is 4.90 Å². The van der Waals surface area contributed by atoms with Crippen molar-refractivity contribution in [1.82, 2.24) is 0 Å². The van der Waals surface area contributed by atoms with Crippen LogP contribution in [-0.2, 0) is 10.0 Å². The molecule has 0 aliphatic heterocycles. The summed E-state index contributed by atoms with van der Waals surface area (Å²) in [6.07, 6.45) is 0. The number of nitrogens with two attached hydrogens (primary N) is 1. The molecule has 112 valence electrons. The Balaban J connectivity index is 2.46.